The molecule has 0 aromatic carbocycles. The van der Waals surface area contributed by atoms with Gasteiger partial charge in [0.25, 0.3) is 0 Å². The van der Waals surface area contributed by atoms with Crippen LogP contribution < -0.4 is 0 Å². The third kappa shape index (κ3) is 6.28. The third-order valence-corrected chi connectivity index (χ3v) is 2.06. The molecular weight excluding hydrogens is 168 g/mol. The monoisotopic (exact) mass is 185 g/mol. The minimum Gasteiger partial charge on any atom is -0.112 e. The maximum absolute atomic E-state index is 2.98. The van der Waals surface area contributed by atoms with E-state index in [0.29, 0.717) is 0 Å². The summed E-state index contributed by atoms with van der Waals surface area (Å²) in [5.74, 6) is 0. The van der Waals surface area contributed by atoms with Crippen LogP contribution in [0, 0.1) is 6.08 Å². The molecule has 0 unspecified atom stereocenters. The van der Waals surface area contributed by atoms with Gasteiger partial charge in [0.1, 0.15) is 0 Å². The lowest BCUT2D eigenvalue weighted by atomic mass is 10.1. The molecule has 0 bridgehead atoms. The smallest absolute Gasteiger partial charge is 0.0311 e. The topological polar surface area (TPSA) is 0 Å². The summed E-state index contributed by atoms with van der Waals surface area (Å²) in [5.41, 5.74) is 2.96. The Morgan fingerprint density at radius 3 is 2.57 bits per heavy atom. The van der Waals surface area contributed by atoms with Gasteiger partial charge in [-0.05, 0) is 37.8 Å². The maximum Gasteiger partial charge on any atom is 0.0311 e. The second kappa shape index (κ2) is 8.34. The highest BCUT2D eigenvalue weighted by Crippen LogP contribution is 2.04. The highest BCUT2D eigenvalue weighted by molar-refractivity contribution is 5.11. The van der Waals surface area contributed by atoms with Gasteiger partial charge in [0.15, 0.2) is 0 Å². The fraction of sp³-hybridized carbons (Fsp3) is 0.357. The third-order valence-electron chi connectivity index (χ3n) is 2.06. The van der Waals surface area contributed by atoms with Gasteiger partial charge in [-0.25, -0.2) is 0 Å². The Balaban J connectivity index is 2.48. The van der Waals surface area contributed by atoms with Crippen molar-refractivity contribution in [1.82, 2.24) is 0 Å². The van der Waals surface area contributed by atoms with Crippen LogP contribution >= 0.6 is 0 Å². The Bertz CT molecular complexity index is 270. The Morgan fingerprint density at radius 2 is 1.64 bits per heavy atom. The molecule has 0 aromatic rings. The van der Waals surface area contributed by atoms with E-state index in [4.69, 9.17) is 0 Å². The standard InChI is InChI=1S/C14H17/c1-2-4-6-8-10-12-14-13-11-9-7-5-3-1/h1-5,11,13H,6,8,10,12,14H2/b3-1-,4-2-,13-11-. The van der Waals surface area contributed by atoms with Crippen LogP contribution in [0.5, 0.6) is 0 Å². The van der Waals surface area contributed by atoms with Crippen LogP contribution in [0.25, 0.3) is 0 Å². The van der Waals surface area contributed by atoms with Crippen LogP contribution in [-0.4, -0.2) is 0 Å². The SMILES string of the molecule is [C]1=C=C/C=C\C=C/CCCCC/C=C\1. The molecule has 0 aromatic heterocycles. The van der Waals surface area contributed by atoms with Gasteiger partial charge in [-0.1, -0.05) is 36.8 Å². The lowest BCUT2D eigenvalue weighted by molar-refractivity contribution is 0.696. The summed E-state index contributed by atoms with van der Waals surface area (Å²) >= 11 is 0. The van der Waals surface area contributed by atoms with E-state index in [2.05, 4.69) is 30.0 Å². The van der Waals surface area contributed by atoms with Crippen LogP contribution in [0.2, 0.25) is 0 Å². The summed E-state index contributed by atoms with van der Waals surface area (Å²) in [5, 5.41) is 0. The van der Waals surface area contributed by atoms with E-state index in [0.717, 1.165) is 6.42 Å². The maximum atomic E-state index is 2.98. The first-order valence-corrected chi connectivity index (χ1v) is 5.31. The molecule has 0 aliphatic heterocycles. The molecule has 0 amide bonds. The van der Waals surface area contributed by atoms with Gasteiger partial charge in [0, 0.05) is 6.08 Å². The van der Waals surface area contributed by atoms with Crippen LogP contribution in [0.15, 0.2) is 48.3 Å². The Hall–Kier alpha value is -1.26. The fourth-order valence-corrected chi connectivity index (χ4v) is 1.28. The summed E-state index contributed by atoms with van der Waals surface area (Å²) in [6.07, 6.45) is 23.5. The molecule has 1 aliphatic rings. The molecule has 0 heteroatoms. The molecule has 1 aliphatic carbocycles. The first-order chi connectivity index (χ1) is 7.00. The predicted molar refractivity (Wildman–Crippen MR) is 61.8 cm³/mol. The second-order valence-corrected chi connectivity index (χ2v) is 3.31. The quantitative estimate of drug-likeness (QED) is 0.498. The van der Waals surface area contributed by atoms with Crippen molar-refractivity contribution in [2.45, 2.75) is 32.1 Å². The highest BCUT2D eigenvalue weighted by Gasteiger charge is 1.84. The first-order valence-electron chi connectivity index (χ1n) is 5.31. The molecule has 0 fully saturated rings. The summed E-state index contributed by atoms with van der Waals surface area (Å²) in [6.45, 7) is 0. The van der Waals surface area contributed by atoms with Gasteiger partial charge in [-0.2, -0.15) is 0 Å². The van der Waals surface area contributed by atoms with E-state index in [1.54, 1.807) is 0 Å². The molecule has 14 heavy (non-hydrogen) atoms. The Kier molecular flexibility index (Phi) is 6.45. The molecule has 1 radical (unpaired) electrons. The zero-order chi connectivity index (χ0) is 9.90. The summed E-state index contributed by atoms with van der Waals surface area (Å²) in [6, 6.07) is 0. The molecule has 0 nitrogen and oxygen atoms in total. The van der Waals surface area contributed by atoms with Crippen molar-refractivity contribution < 1.29 is 0 Å². The molecular formula is C14H17. The van der Waals surface area contributed by atoms with E-state index in [1.807, 2.05) is 24.3 Å². The fourth-order valence-electron chi connectivity index (χ4n) is 1.28. The number of hydrogen-bond acceptors (Lipinski definition) is 0. The van der Waals surface area contributed by atoms with Gasteiger partial charge in [0.05, 0.1) is 0 Å². The van der Waals surface area contributed by atoms with Crippen LogP contribution in [0.3, 0.4) is 0 Å². The molecule has 0 saturated carbocycles. The highest BCUT2D eigenvalue weighted by atomic mass is 13.9. The van der Waals surface area contributed by atoms with E-state index in [1.165, 1.54) is 25.7 Å². The van der Waals surface area contributed by atoms with Crippen molar-refractivity contribution in [2.24, 2.45) is 0 Å². The average molecular weight is 185 g/mol. The van der Waals surface area contributed by atoms with Gasteiger partial charge in [-0.15, -0.1) is 5.73 Å². The van der Waals surface area contributed by atoms with Crippen LogP contribution in [0.4, 0.5) is 0 Å². The molecule has 0 spiro atoms. The average Bonchev–Trinajstić information content (AvgIpc) is 2.22. The normalized spacial score (nSPS) is 25.1. The second-order valence-electron chi connectivity index (χ2n) is 3.31. The van der Waals surface area contributed by atoms with E-state index in [-0.39, 0.29) is 0 Å². The van der Waals surface area contributed by atoms with E-state index < -0.39 is 0 Å². The molecule has 0 atom stereocenters. The lowest BCUT2D eigenvalue weighted by Gasteiger charge is -1.94. The first kappa shape index (κ1) is 10.8. The predicted octanol–water partition coefficient (Wildman–Crippen LogP) is 4.13. The summed E-state index contributed by atoms with van der Waals surface area (Å²) < 4.78 is 0. The minimum atomic E-state index is 1.16. The van der Waals surface area contributed by atoms with Gasteiger partial charge >= 0.3 is 0 Å². The summed E-state index contributed by atoms with van der Waals surface area (Å²) in [7, 11) is 0. The Labute approximate surface area is 87.0 Å². The molecule has 0 heterocycles. The van der Waals surface area contributed by atoms with Gasteiger partial charge < -0.3 is 0 Å². The zero-order valence-electron chi connectivity index (χ0n) is 8.58. The molecule has 0 N–H and O–H groups in total. The van der Waals surface area contributed by atoms with Crippen molar-refractivity contribution in [3.8, 4) is 0 Å². The zero-order valence-corrected chi connectivity index (χ0v) is 8.58. The van der Waals surface area contributed by atoms with E-state index in [9.17, 15) is 0 Å². The van der Waals surface area contributed by atoms with Crippen LogP contribution in [0.1, 0.15) is 32.1 Å². The van der Waals surface area contributed by atoms with Crippen molar-refractivity contribution >= 4 is 0 Å². The van der Waals surface area contributed by atoms with Gasteiger partial charge in [-0.3, -0.25) is 0 Å². The Morgan fingerprint density at radius 1 is 0.786 bits per heavy atom. The number of rotatable bonds is 0. The molecule has 0 saturated heterocycles. The number of allylic oxidation sites excluding steroid dienone is 7. The van der Waals surface area contributed by atoms with E-state index >= 15 is 0 Å². The largest absolute Gasteiger partial charge is 0.112 e. The van der Waals surface area contributed by atoms with Crippen molar-refractivity contribution in [3.05, 3.63) is 54.3 Å². The molecule has 1 rings (SSSR count). The van der Waals surface area contributed by atoms with Crippen molar-refractivity contribution in [1.29, 1.82) is 0 Å². The minimum absolute atomic E-state index is 1.16. The summed E-state index contributed by atoms with van der Waals surface area (Å²) in [4.78, 5) is 0. The van der Waals surface area contributed by atoms with Crippen molar-refractivity contribution in [3.63, 3.8) is 0 Å². The van der Waals surface area contributed by atoms with Gasteiger partial charge in [0.2, 0.25) is 0 Å². The number of hydrogen-bond donors (Lipinski definition) is 0. The van der Waals surface area contributed by atoms with Crippen molar-refractivity contribution in [2.75, 3.05) is 0 Å². The van der Waals surface area contributed by atoms with Crippen LogP contribution in [-0.2, 0) is 0 Å². The molecule has 73 valence electrons. The lowest BCUT2D eigenvalue weighted by Crippen LogP contribution is -1.74.